The van der Waals surface area contributed by atoms with Gasteiger partial charge in [0.15, 0.2) is 0 Å². The minimum atomic E-state index is -0.276. The predicted octanol–water partition coefficient (Wildman–Crippen LogP) is 3.24. The third-order valence-corrected chi connectivity index (χ3v) is 3.35. The van der Waals surface area contributed by atoms with Gasteiger partial charge in [-0.25, -0.2) is 4.98 Å². The number of nitrogens with one attached hydrogen (secondary N) is 2. The number of fused-ring (bicyclic) bond motifs is 1. The van der Waals surface area contributed by atoms with Gasteiger partial charge in [-0.1, -0.05) is 12.1 Å². The zero-order chi connectivity index (χ0) is 17.6. The first-order chi connectivity index (χ1) is 12.1. The summed E-state index contributed by atoms with van der Waals surface area (Å²) in [4.78, 5) is 31.7. The van der Waals surface area contributed by atoms with Crippen molar-refractivity contribution >= 4 is 40.3 Å². The maximum Gasteiger partial charge on any atom is 0.248 e. The van der Waals surface area contributed by atoms with Crippen molar-refractivity contribution in [3.8, 4) is 0 Å². The van der Waals surface area contributed by atoms with E-state index in [4.69, 9.17) is 0 Å². The Labute approximate surface area is 144 Å². The number of carbonyl (C=O) groups is 2. The van der Waals surface area contributed by atoms with Crippen molar-refractivity contribution in [2.24, 2.45) is 0 Å². The molecule has 0 saturated carbocycles. The van der Waals surface area contributed by atoms with Crippen LogP contribution in [0.15, 0.2) is 60.8 Å². The topological polar surface area (TPSA) is 84.0 Å². The van der Waals surface area contributed by atoms with E-state index < -0.39 is 0 Å². The summed E-state index contributed by atoms with van der Waals surface area (Å²) >= 11 is 0. The van der Waals surface area contributed by atoms with Crippen LogP contribution in [0.3, 0.4) is 0 Å². The summed E-state index contributed by atoms with van der Waals surface area (Å²) in [6.45, 7) is 1.44. The maximum absolute atomic E-state index is 12.0. The lowest BCUT2D eigenvalue weighted by Crippen LogP contribution is -2.08. The Bertz CT molecular complexity index is 949. The number of hydrogen-bond donors (Lipinski definition) is 2. The van der Waals surface area contributed by atoms with Crippen LogP contribution >= 0.6 is 0 Å². The first-order valence-electron chi connectivity index (χ1n) is 7.69. The first-order valence-corrected chi connectivity index (χ1v) is 7.69. The van der Waals surface area contributed by atoms with E-state index in [1.807, 2.05) is 24.3 Å². The van der Waals surface area contributed by atoms with Crippen LogP contribution in [0.25, 0.3) is 17.1 Å². The molecule has 0 aliphatic heterocycles. The predicted molar refractivity (Wildman–Crippen MR) is 97.9 cm³/mol. The second-order valence-electron chi connectivity index (χ2n) is 5.36. The van der Waals surface area contributed by atoms with E-state index in [-0.39, 0.29) is 11.8 Å². The van der Waals surface area contributed by atoms with Crippen LogP contribution in [0.1, 0.15) is 12.6 Å². The Morgan fingerprint density at radius 3 is 2.24 bits per heavy atom. The van der Waals surface area contributed by atoms with Gasteiger partial charge in [-0.2, -0.15) is 0 Å². The van der Waals surface area contributed by atoms with Crippen LogP contribution in [0.5, 0.6) is 0 Å². The quantitative estimate of drug-likeness (QED) is 0.718. The van der Waals surface area contributed by atoms with E-state index in [2.05, 4.69) is 20.6 Å². The zero-order valence-electron chi connectivity index (χ0n) is 13.6. The van der Waals surface area contributed by atoms with Crippen LogP contribution < -0.4 is 10.6 Å². The van der Waals surface area contributed by atoms with Gasteiger partial charge in [0.1, 0.15) is 0 Å². The van der Waals surface area contributed by atoms with E-state index >= 15 is 0 Å². The summed E-state index contributed by atoms with van der Waals surface area (Å²) in [6.07, 6.45) is 4.63. The highest BCUT2D eigenvalue weighted by molar-refractivity contribution is 6.02. The standard InChI is InChI=1S/C19H16N4O2/c1-13(24)21-14-6-8-15(9-7-14)23-19(25)11-10-16-12-20-17-4-2-3-5-18(17)22-16/h2-12H,1H3,(H,21,24)(H,23,25)/b11-10+. The van der Waals surface area contributed by atoms with Crippen molar-refractivity contribution in [3.63, 3.8) is 0 Å². The summed E-state index contributed by atoms with van der Waals surface area (Å²) < 4.78 is 0. The fourth-order valence-corrected chi connectivity index (χ4v) is 2.24. The van der Waals surface area contributed by atoms with Gasteiger partial charge in [-0.05, 0) is 42.5 Å². The maximum atomic E-state index is 12.0. The van der Waals surface area contributed by atoms with Crippen molar-refractivity contribution in [3.05, 3.63) is 66.5 Å². The molecule has 1 aromatic heterocycles. The number of carbonyl (C=O) groups excluding carboxylic acids is 2. The van der Waals surface area contributed by atoms with Crippen molar-refractivity contribution in [2.45, 2.75) is 6.92 Å². The number of nitrogens with zero attached hydrogens (tertiary/aromatic N) is 2. The van der Waals surface area contributed by atoms with E-state index in [0.29, 0.717) is 17.1 Å². The van der Waals surface area contributed by atoms with Crippen LogP contribution in [0.4, 0.5) is 11.4 Å². The molecule has 2 aromatic carbocycles. The molecule has 0 spiro atoms. The van der Waals surface area contributed by atoms with E-state index in [0.717, 1.165) is 11.0 Å². The van der Waals surface area contributed by atoms with Gasteiger partial charge < -0.3 is 10.6 Å². The Hall–Kier alpha value is -3.54. The fourth-order valence-electron chi connectivity index (χ4n) is 2.24. The molecule has 0 radical (unpaired) electrons. The molecule has 3 rings (SSSR count). The van der Waals surface area contributed by atoms with Crippen LogP contribution in [-0.2, 0) is 9.59 Å². The summed E-state index contributed by atoms with van der Waals surface area (Å²) in [5.74, 6) is -0.418. The van der Waals surface area contributed by atoms with Crippen LogP contribution in [0.2, 0.25) is 0 Å². The normalized spacial score (nSPS) is 10.8. The molecule has 25 heavy (non-hydrogen) atoms. The van der Waals surface area contributed by atoms with Crippen LogP contribution in [-0.4, -0.2) is 21.8 Å². The molecule has 0 fully saturated rings. The molecule has 0 saturated heterocycles. The molecular formula is C19H16N4O2. The molecule has 124 valence electrons. The Morgan fingerprint density at radius 2 is 1.56 bits per heavy atom. The summed E-state index contributed by atoms with van der Waals surface area (Å²) in [5.41, 5.74) is 3.50. The number of benzene rings is 2. The average Bonchev–Trinajstić information content (AvgIpc) is 2.61. The number of para-hydroxylation sites is 2. The van der Waals surface area contributed by atoms with Gasteiger partial charge in [-0.15, -0.1) is 0 Å². The third kappa shape index (κ3) is 4.48. The summed E-state index contributed by atoms with van der Waals surface area (Å²) in [7, 11) is 0. The van der Waals surface area contributed by atoms with Gasteiger partial charge in [0.05, 0.1) is 22.9 Å². The van der Waals surface area contributed by atoms with Crippen LogP contribution in [0, 0.1) is 0 Å². The minimum Gasteiger partial charge on any atom is -0.326 e. The van der Waals surface area contributed by atoms with E-state index in [9.17, 15) is 9.59 Å². The third-order valence-electron chi connectivity index (χ3n) is 3.35. The molecular weight excluding hydrogens is 316 g/mol. The van der Waals surface area contributed by atoms with Gasteiger partial charge in [0.2, 0.25) is 11.8 Å². The lowest BCUT2D eigenvalue weighted by Gasteiger charge is -2.05. The Kier molecular flexibility index (Phi) is 4.80. The SMILES string of the molecule is CC(=O)Nc1ccc(NC(=O)/C=C/c2cnc3ccccc3n2)cc1. The highest BCUT2D eigenvalue weighted by atomic mass is 16.2. The first kappa shape index (κ1) is 16.3. The molecule has 2 amide bonds. The van der Waals surface area contributed by atoms with E-state index in [1.165, 1.54) is 13.0 Å². The highest BCUT2D eigenvalue weighted by Crippen LogP contribution is 2.14. The molecule has 0 aliphatic carbocycles. The minimum absolute atomic E-state index is 0.142. The molecule has 2 N–H and O–H groups in total. The largest absolute Gasteiger partial charge is 0.326 e. The second-order valence-corrected chi connectivity index (χ2v) is 5.36. The monoisotopic (exact) mass is 332 g/mol. The highest BCUT2D eigenvalue weighted by Gasteiger charge is 2.01. The average molecular weight is 332 g/mol. The Balaban J connectivity index is 1.64. The lowest BCUT2D eigenvalue weighted by molar-refractivity contribution is -0.114. The summed E-state index contributed by atoms with van der Waals surface area (Å²) in [6, 6.07) is 14.4. The van der Waals surface area contributed by atoms with Gasteiger partial charge in [0, 0.05) is 24.4 Å². The van der Waals surface area contributed by atoms with Gasteiger partial charge in [-0.3, -0.25) is 14.6 Å². The number of amides is 2. The van der Waals surface area contributed by atoms with E-state index in [1.54, 1.807) is 36.5 Å². The fraction of sp³-hybridized carbons (Fsp3) is 0.0526. The number of aromatic nitrogens is 2. The molecule has 1 heterocycles. The van der Waals surface area contributed by atoms with Crippen molar-refractivity contribution in [1.29, 1.82) is 0 Å². The Morgan fingerprint density at radius 1 is 0.920 bits per heavy atom. The molecule has 6 nitrogen and oxygen atoms in total. The second kappa shape index (κ2) is 7.35. The molecule has 3 aromatic rings. The number of hydrogen-bond acceptors (Lipinski definition) is 4. The number of anilines is 2. The van der Waals surface area contributed by atoms with Gasteiger partial charge in [0.25, 0.3) is 0 Å². The van der Waals surface area contributed by atoms with Crippen molar-refractivity contribution in [1.82, 2.24) is 9.97 Å². The van der Waals surface area contributed by atoms with Gasteiger partial charge >= 0.3 is 0 Å². The zero-order valence-corrected chi connectivity index (χ0v) is 13.6. The van der Waals surface area contributed by atoms with Crippen molar-refractivity contribution in [2.75, 3.05) is 10.6 Å². The lowest BCUT2D eigenvalue weighted by atomic mass is 10.2. The molecule has 6 heteroatoms. The smallest absolute Gasteiger partial charge is 0.248 e. The molecule has 0 aliphatic rings. The number of rotatable bonds is 4. The molecule has 0 unspecified atom stereocenters. The molecule has 0 bridgehead atoms. The molecule has 0 atom stereocenters. The van der Waals surface area contributed by atoms with Crippen molar-refractivity contribution < 1.29 is 9.59 Å². The summed E-state index contributed by atoms with van der Waals surface area (Å²) in [5, 5.41) is 5.41.